The molecule has 1 heterocycles. The molecule has 2 amide bonds. The number of anilines is 1. The van der Waals surface area contributed by atoms with Gasteiger partial charge in [0, 0.05) is 12.3 Å². The van der Waals surface area contributed by atoms with E-state index in [1.807, 2.05) is 0 Å². The lowest BCUT2D eigenvalue weighted by molar-refractivity contribution is -0.157. The number of hydrogen-bond donors (Lipinski definition) is 4. The van der Waals surface area contributed by atoms with Gasteiger partial charge < -0.3 is 30.3 Å². The van der Waals surface area contributed by atoms with E-state index in [0.29, 0.717) is 38.5 Å². The third-order valence-electron chi connectivity index (χ3n) is 7.33. The van der Waals surface area contributed by atoms with Crippen LogP contribution in [0.3, 0.4) is 0 Å². The number of phenols is 1. The number of para-hydroxylation sites is 1. The average molecular weight is 563 g/mol. The second-order valence-electron chi connectivity index (χ2n) is 10.3. The highest BCUT2D eigenvalue weighted by atomic mass is 16.6. The highest BCUT2D eigenvalue weighted by molar-refractivity contribution is 6.01. The zero-order chi connectivity index (χ0) is 29.7. The molecule has 1 aromatic carbocycles. The fourth-order valence-corrected chi connectivity index (χ4v) is 5.07. The van der Waals surface area contributed by atoms with Gasteiger partial charge in [-0.3, -0.25) is 19.2 Å². The smallest absolute Gasteiger partial charge is 0.332 e. The minimum absolute atomic E-state index is 0.0184. The molecule has 0 aliphatic carbocycles. The molecule has 1 saturated heterocycles. The summed E-state index contributed by atoms with van der Waals surface area (Å²) in [4.78, 5) is 61.4. The fourth-order valence-electron chi connectivity index (χ4n) is 5.07. The monoisotopic (exact) mass is 562 g/mol. The molecule has 4 N–H and O–H groups in total. The molecule has 222 valence electrons. The SMILES string of the molecule is CCCCCCC1C(=O)OC(C)C(NC(=O)c2cccc(NC=O)c2O)C(=O)OC(C)C1CCCCCC(=O)O. The molecule has 0 radical (unpaired) electrons. The molecule has 1 aromatic rings. The lowest BCUT2D eigenvalue weighted by atomic mass is 9.80. The number of carbonyl (C=O) groups is 5. The molecular formula is C29H42N2O9. The summed E-state index contributed by atoms with van der Waals surface area (Å²) in [6.45, 7) is 5.32. The van der Waals surface area contributed by atoms with Crippen LogP contribution in [0.2, 0.25) is 0 Å². The Hall–Kier alpha value is -3.63. The van der Waals surface area contributed by atoms with Gasteiger partial charge in [-0.15, -0.1) is 0 Å². The third kappa shape index (κ3) is 9.53. The average Bonchev–Trinajstić information content (AvgIpc) is 2.92. The summed E-state index contributed by atoms with van der Waals surface area (Å²) < 4.78 is 11.5. The Morgan fingerprint density at radius 2 is 1.62 bits per heavy atom. The largest absolute Gasteiger partial charge is 0.505 e. The first kappa shape index (κ1) is 32.6. The number of carboxylic acids is 1. The highest BCUT2D eigenvalue weighted by Crippen LogP contribution is 2.33. The number of nitrogens with one attached hydrogen (secondary N) is 2. The van der Waals surface area contributed by atoms with E-state index in [1.54, 1.807) is 6.92 Å². The summed E-state index contributed by atoms with van der Waals surface area (Å²) in [5, 5.41) is 24.1. The first-order valence-electron chi connectivity index (χ1n) is 14.1. The van der Waals surface area contributed by atoms with Crippen LogP contribution < -0.4 is 10.6 Å². The first-order chi connectivity index (χ1) is 19.1. The van der Waals surface area contributed by atoms with Gasteiger partial charge in [0.05, 0.1) is 17.2 Å². The molecule has 1 aliphatic rings. The summed E-state index contributed by atoms with van der Waals surface area (Å²) in [5.74, 6) is -4.24. The topological polar surface area (TPSA) is 168 Å². The molecule has 0 spiro atoms. The standard InChI is InChI=1S/C29H42N2O9/c1-4-5-6-8-13-21-20(12-9-7-10-16-24(33)34)18(2)39-29(38)25(19(3)40-28(21)37)31-27(36)22-14-11-15-23(26(22)35)30-17-32/h11,14-15,17-21,25,35H,4-10,12-13,16H2,1-3H3,(H,30,32)(H,31,36)(H,33,34). The van der Waals surface area contributed by atoms with Crippen molar-refractivity contribution in [2.45, 2.75) is 103 Å². The van der Waals surface area contributed by atoms with Crippen molar-refractivity contribution in [2.75, 3.05) is 5.32 Å². The van der Waals surface area contributed by atoms with Crippen LogP contribution in [-0.4, -0.2) is 58.7 Å². The highest BCUT2D eigenvalue weighted by Gasteiger charge is 2.41. The Kier molecular flexibility index (Phi) is 13.4. The number of amides is 2. The van der Waals surface area contributed by atoms with Crippen LogP contribution in [0.1, 0.15) is 95.3 Å². The second-order valence-corrected chi connectivity index (χ2v) is 10.3. The van der Waals surface area contributed by atoms with Crippen molar-refractivity contribution in [1.82, 2.24) is 5.32 Å². The minimum atomic E-state index is -1.34. The molecular weight excluding hydrogens is 520 g/mol. The number of carbonyl (C=O) groups excluding carboxylic acids is 4. The molecule has 0 bridgehead atoms. The Morgan fingerprint density at radius 3 is 2.30 bits per heavy atom. The van der Waals surface area contributed by atoms with E-state index < -0.39 is 53.7 Å². The molecule has 1 fully saturated rings. The molecule has 1 aliphatic heterocycles. The van der Waals surface area contributed by atoms with Crippen molar-refractivity contribution in [2.24, 2.45) is 11.8 Å². The quantitative estimate of drug-likeness (QED) is 0.106. The van der Waals surface area contributed by atoms with Crippen LogP contribution in [0.4, 0.5) is 5.69 Å². The van der Waals surface area contributed by atoms with E-state index in [0.717, 1.165) is 25.7 Å². The fraction of sp³-hybridized carbons (Fsp3) is 0.621. The van der Waals surface area contributed by atoms with Gasteiger partial charge in [0.15, 0.2) is 11.8 Å². The van der Waals surface area contributed by atoms with Gasteiger partial charge in [-0.2, -0.15) is 0 Å². The van der Waals surface area contributed by atoms with E-state index in [4.69, 9.17) is 14.6 Å². The number of esters is 2. The van der Waals surface area contributed by atoms with Gasteiger partial charge in [0.25, 0.3) is 5.91 Å². The van der Waals surface area contributed by atoms with Gasteiger partial charge >= 0.3 is 17.9 Å². The molecule has 5 atom stereocenters. The molecule has 11 heteroatoms. The van der Waals surface area contributed by atoms with Crippen molar-refractivity contribution >= 4 is 35.9 Å². The second kappa shape index (κ2) is 16.5. The number of hydrogen-bond acceptors (Lipinski definition) is 8. The van der Waals surface area contributed by atoms with E-state index in [2.05, 4.69) is 17.6 Å². The molecule has 0 aromatic heterocycles. The lowest BCUT2D eigenvalue weighted by Crippen LogP contribution is -2.50. The number of phenolic OH excluding ortho intramolecular Hbond substituents is 1. The predicted molar refractivity (Wildman–Crippen MR) is 147 cm³/mol. The summed E-state index contributed by atoms with van der Waals surface area (Å²) in [6, 6.07) is 2.85. The number of benzene rings is 1. The Balaban J connectivity index is 2.25. The van der Waals surface area contributed by atoms with Gasteiger partial charge in [-0.05, 0) is 45.2 Å². The van der Waals surface area contributed by atoms with E-state index in [-0.39, 0.29) is 23.6 Å². The first-order valence-corrected chi connectivity index (χ1v) is 14.1. The summed E-state index contributed by atoms with van der Waals surface area (Å²) >= 11 is 0. The van der Waals surface area contributed by atoms with Crippen LogP contribution in [0.25, 0.3) is 0 Å². The van der Waals surface area contributed by atoms with Crippen LogP contribution >= 0.6 is 0 Å². The van der Waals surface area contributed by atoms with Crippen LogP contribution in [0, 0.1) is 11.8 Å². The number of cyclic esters (lactones) is 2. The number of ether oxygens (including phenoxy) is 2. The van der Waals surface area contributed by atoms with Gasteiger partial charge in [-0.25, -0.2) is 4.79 Å². The number of aliphatic carboxylic acids is 1. The van der Waals surface area contributed by atoms with Crippen molar-refractivity contribution in [1.29, 1.82) is 0 Å². The van der Waals surface area contributed by atoms with Crippen LogP contribution in [0.5, 0.6) is 5.75 Å². The van der Waals surface area contributed by atoms with Crippen molar-refractivity contribution in [3.8, 4) is 5.75 Å². The maximum absolute atomic E-state index is 13.4. The maximum Gasteiger partial charge on any atom is 0.332 e. The number of aromatic hydroxyl groups is 1. The van der Waals surface area contributed by atoms with E-state index in [9.17, 15) is 29.1 Å². The van der Waals surface area contributed by atoms with Crippen molar-refractivity contribution < 1.29 is 43.7 Å². The number of carboxylic acid groups (broad SMARTS) is 1. The maximum atomic E-state index is 13.4. The van der Waals surface area contributed by atoms with Crippen molar-refractivity contribution in [3.05, 3.63) is 23.8 Å². The van der Waals surface area contributed by atoms with Gasteiger partial charge in [0.2, 0.25) is 6.41 Å². The summed E-state index contributed by atoms with van der Waals surface area (Å²) in [6.07, 6.45) is 5.52. The molecule has 2 rings (SSSR count). The van der Waals surface area contributed by atoms with Crippen LogP contribution in [0.15, 0.2) is 18.2 Å². The van der Waals surface area contributed by atoms with E-state index in [1.165, 1.54) is 25.1 Å². The number of rotatable bonds is 15. The molecule has 0 saturated carbocycles. The molecule has 5 unspecified atom stereocenters. The van der Waals surface area contributed by atoms with Gasteiger partial charge in [0.1, 0.15) is 12.2 Å². The Bertz CT molecular complexity index is 1030. The van der Waals surface area contributed by atoms with E-state index >= 15 is 0 Å². The summed E-state index contributed by atoms with van der Waals surface area (Å²) in [5.41, 5.74) is -0.163. The summed E-state index contributed by atoms with van der Waals surface area (Å²) in [7, 11) is 0. The minimum Gasteiger partial charge on any atom is -0.505 e. The zero-order valence-corrected chi connectivity index (χ0v) is 23.5. The van der Waals surface area contributed by atoms with Gasteiger partial charge in [-0.1, -0.05) is 51.5 Å². The lowest BCUT2D eigenvalue weighted by Gasteiger charge is -2.29. The Morgan fingerprint density at radius 1 is 0.950 bits per heavy atom. The van der Waals surface area contributed by atoms with Crippen molar-refractivity contribution in [3.63, 3.8) is 0 Å². The number of unbranched alkanes of at least 4 members (excludes halogenated alkanes) is 5. The van der Waals surface area contributed by atoms with Crippen LogP contribution in [-0.2, 0) is 28.7 Å². The zero-order valence-electron chi connectivity index (χ0n) is 23.5. The normalized spacial score (nSPS) is 23.1. The molecule has 40 heavy (non-hydrogen) atoms. The predicted octanol–water partition coefficient (Wildman–Crippen LogP) is 4.17. The molecule has 11 nitrogen and oxygen atoms in total. The third-order valence-corrected chi connectivity index (χ3v) is 7.33. The Labute approximate surface area is 235 Å².